The van der Waals surface area contributed by atoms with Crippen molar-refractivity contribution < 1.29 is 0 Å². The van der Waals surface area contributed by atoms with Crippen molar-refractivity contribution in [2.45, 2.75) is 13.0 Å². The fraction of sp³-hybridized carbons (Fsp3) is 0.143. The number of nitrogens with two attached hydrogens (primary N) is 1. The number of aromatic nitrogens is 3. The number of nitrogen functional groups attached to an aromatic ring is 1. The fourth-order valence-corrected chi connectivity index (χ4v) is 2.44. The van der Waals surface area contributed by atoms with E-state index in [1.807, 2.05) is 41.0 Å². The highest BCUT2D eigenvalue weighted by molar-refractivity contribution is 6.30. The first kappa shape index (κ1) is 12.0. The molecular formula is C14H13ClN4. The van der Waals surface area contributed by atoms with Crippen LogP contribution in [0.2, 0.25) is 5.02 Å². The van der Waals surface area contributed by atoms with Crippen LogP contribution in [0.5, 0.6) is 0 Å². The van der Waals surface area contributed by atoms with Crippen LogP contribution >= 0.6 is 11.6 Å². The number of rotatable bonds is 2. The third-order valence-electron chi connectivity index (χ3n) is 3.19. The summed E-state index contributed by atoms with van der Waals surface area (Å²) in [5.74, 6) is 0.459. The second-order valence-corrected chi connectivity index (χ2v) is 4.85. The van der Waals surface area contributed by atoms with E-state index in [-0.39, 0.29) is 6.04 Å². The molecule has 1 aromatic carbocycles. The Morgan fingerprint density at radius 2 is 2.11 bits per heavy atom. The number of anilines is 1. The van der Waals surface area contributed by atoms with E-state index in [1.54, 1.807) is 6.20 Å². The zero-order chi connectivity index (χ0) is 13.4. The molecule has 5 heteroatoms. The number of nitrogens with zero attached hydrogens (tertiary/aromatic N) is 3. The lowest BCUT2D eigenvalue weighted by Crippen LogP contribution is -2.10. The molecule has 1 unspecified atom stereocenters. The van der Waals surface area contributed by atoms with Crippen LogP contribution in [0.1, 0.15) is 18.5 Å². The Kier molecular flexibility index (Phi) is 2.87. The zero-order valence-electron chi connectivity index (χ0n) is 10.4. The first-order valence-electron chi connectivity index (χ1n) is 6.00. The van der Waals surface area contributed by atoms with E-state index in [4.69, 9.17) is 17.3 Å². The Morgan fingerprint density at radius 1 is 1.26 bits per heavy atom. The van der Waals surface area contributed by atoms with Gasteiger partial charge in [-0.25, -0.2) is 9.97 Å². The molecule has 0 aliphatic heterocycles. The van der Waals surface area contributed by atoms with Gasteiger partial charge in [0.05, 0.1) is 6.04 Å². The monoisotopic (exact) mass is 272 g/mol. The van der Waals surface area contributed by atoms with Crippen LogP contribution in [0.3, 0.4) is 0 Å². The zero-order valence-corrected chi connectivity index (χ0v) is 11.2. The Morgan fingerprint density at radius 3 is 2.89 bits per heavy atom. The van der Waals surface area contributed by atoms with Gasteiger partial charge in [-0.2, -0.15) is 0 Å². The summed E-state index contributed by atoms with van der Waals surface area (Å²) in [6.07, 6.45) is 1.74. The molecule has 19 heavy (non-hydrogen) atoms. The van der Waals surface area contributed by atoms with Crippen LogP contribution in [0.4, 0.5) is 5.95 Å². The molecule has 3 aromatic rings. The largest absolute Gasteiger partial charge is 0.369 e. The molecule has 0 saturated heterocycles. The number of imidazole rings is 1. The van der Waals surface area contributed by atoms with E-state index in [1.165, 1.54) is 0 Å². The average molecular weight is 273 g/mol. The third kappa shape index (κ3) is 2.04. The van der Waals surface area contributed by atoms with Gasteiger partial charge in [0.15, 0.2) is 5.65 Å². The SMILES string of the molecule is CC(c1cccc(Cl)c1)n1c(N)nc2cccnc21. The number of hydrogen-bond acceptors (Lipinski definition) is 3. The second kappa shape index (κ2) is 4.55. The Bertz CT molecular complexity index is 735. The summed E-state index contributed by atoms with van der Waals surface area (Å²) in [7, 11) is 0. The van der Waals surface area contributed by atoms with E-state index in [2.05, 4.69) is 16.9 Å². The molecule has 4 nitrogen and oxygen atoms in total. The van der Waals surface area contributed by atoms with Crippen molar-refractivity contribution in [1.82, 2.24) is 14.5 Å². The highest BCUT2D eigenvalue weighted by Crippen LogP contribution is 2.27. The summed E-state index contributed by atoms with van der Waals surface area (Å²) in [5, 5.41) is 0.709. The quantitative estimate of drug-likeness (QED) is 0.779. The highest BCUT2D eigenvalue weighted by atomic mass is 35.5. The number of pyridine rings is 1. The predicted octanol–water partition coefficient (Wildman–Crippen LogP) is 3.28. The Hall–Kier alpha value is -2.07. The molecule has 2 heterocycles. The van der Waals surface area contributed by atoms with Crippen molar-refractivity contribution >= 4 is 28.7 Å². The molecule has 0 aliphatic rings. The predicted molar refractivity (Wildman–Crippen MR) is 77.2 cm³/mol. The molecule has 0 amide bonds. The van der Waals surface area contributed by atoms with Crippen LogP contribution in [-0.4, -0.2) is 14.5 Å². The topological polar surface area (TPSA) is 56.7 Å². The van der Waals surface area contributed by atoms with Gasteiger partial charge < -0.3 is 5.73 Å². The molecule has 96 valence electrons. The molecule has 0 bridgehead atoms. The van der Waals surface area contributed by atoms with Gasteiger partial charge in [-0.3, -0.25) is 4.57 Å². The van der Waals surface area contributed by atoms with Gasteiger partial charge >= 0.3 is 0 Å². The van der Waals surface area contributed by atoms with Gasteiger partial charge in [-0.1, -0.05) is 23.7 Å². The second-order valence-electron chi connectivity index (χ2n) is 4.42. The average Bonchev–Trinajstić information content (AvgIpc) is 2.74. The van der Waals surface area contributed by atoms with Gasteiger partial charge in [0, 0.05) is 11.2 Å². The fourth-order valence-electron chi connectivity index (χ4n) is 2.24. The minimum absolute atomic E-state index is 0.0265. The van der Waals surface area contributed by atoms with Crippen LogP contribution < -0.4 is 5.73 Å². The number of fused-ring (bicyclic) bond motifs is 1. The Labute approximate surface area is 115 Å². The van der Waals surface area contributed by atoms with E-state index in [9.17, 15) is 0 Å². The minimum Gasteiger partial charge on any atom is -0.369 e. The maximum atomic E-state index is 6.04. The van der Waals surface area contributed by atoms with Crippen molar-refractivity contribution in [3.63, 3.8) is 0 Å². The van der Waals surface area contributed by atoms with Crippen molar-refractivity contribution in [3.8, 4) is 0 Å². The first-order chi connectivity index (χ1) is 9.16. The van der Waals surface area contributed by atoms with Crippen LogP contribution in [0, 0.1) is 0 Å². The lowest BCUT2D eigenvalue weighted by atomic mass is 10.1. The Balaban J connectivity index is 2.16. The molecule has 2 N–H and O–H groups in total. The van der Waals surface area contributed by atoms with Gasteiger partial charge in [0.25, 0.3) is 0 Å². The summed E-state index contributed by atoms with van der Waals surface area (Å²) >= 11 is 6.04. The third-order valence-corrected chi connectivity index (χ3v) is 3.43. The standard InChI is InChI=1S/C14H13ClN4/c1-9(10-4-2-5-11(15)8-10)19-13-12(18-14(19)16)6-3-7-17-13/h2-9H,1H3,(H2,16,18). The van der Waals surface area contributed by atoms with Crippen molar-refractivity contribution in [2.24, 2.45) is 0 Å². The normalized spacial score (nSPS) is 12.7. The highest BCUT2D eigenvalue weighted by Gasteiger charge is 2.16. The number of hydrogen-bond donors (Lipinski definition) is 1. The summed E-state index contributed by atoms with van der Waals surface area (Å²) in [6.45, 7) is 2.05. The molecule has 3 rings (SSSR count). The molecule has 2 aromatic heterocycles. The lowest BCUT2D eigenvalue weighted by Gasteiger charge is -2.16. The van der Waals surface area contributed by atoms with E-state index in [0.717, 1.165) is 16.7 Å². The van der Waals surface area contributed by atoms with Crippen LogP contribution in [0.25, 0.3) is 11.2 Å². The van der Waals surface area contributed by atoms with Crippen LogP contribution in [-0.2, 0) is 0 Å². The van der Waals surface area contributed by atoms with Crippen LogP contribution in [0.15, 0.2) is 42.6 Å². The van der Waals surface area contributed by atoms with E-state index in [0.29, 0.717) is 11.0 Å². The van der Waals surface area contributed by atoms with Gasteiger partial charge in [0.1, 0.15) is 5.52 Å². The first-order valence-corrected chi connectivity index (χ1v) is 6.38. The summed E-state index contributed by atoms with van der Waals surface area (Å²) in [5.41, 5.74) is 8.67. The number of halogens is 1. The molecule has 0 spiro atoms. The summed E-state index contributed by atoms with van der Waals surface area (Å²) < 4.78 is 1.92. The number of benzene rings is 1. The van der Waals surface area contributed by atoms with Crippen molar-refractivity contribution in [3.05, 3.63) is 53.2 Å². The molecule has 0 radical (unpaired) electrons. The molecule has 0 saturated carbocycles. The lowest BCUT2D eigenvalue weighted by molar-refractivity contribution is 0.662. The summed E-state index contributed by atoms with van der Waals surface area (Å²) in [4.78, 5) is 8.69. The van der Waals surface area contributed by atoms with E-state index >= 15 is 0 Å². The van der Waals surface area contributed by atoms with Crippen molar-refractivity contribution in [2.75, 3.05) is 5.73 Å². The van der Waals surface area contributed by atoms with Crippen molar-refractivity contribution in [1.29, 1.82) is 0 Å². The molecule has 1 atom stereocenters. The summed E-state index contributed by atoms with van der Waals surface area (Å²) in [6, 6.07) is 11.5. The maximum Gasteiger partial charge on any atom is 0.203 e. The molecule has 0 fully saturated rings. The molecule has 0 aliphatic carbocycles. The maximum absolute atomic E-state index is 6.04. The van der Waals surface area contributed by atoms with Gasteiger partial charge in [0.2, 0.25) is 5.95 Å². The smallest absolute Gasteiger partial charge is 0.203 e. The minimum atomic E-state index is 0.0265. The van der Waals surface area contributed by atoms with Gasteiger partial charge in [-0.15, -0.1) is 0 Å². The van der Waals surface area contributed by atoms with E-state index < -0.39 is 0 Å². The van der Waals surface area contributed by atoms with Gasteiger partial charge in [-0.05, 0) is 36.8 Å². The molecular weight excluding hydrogens is 260 g/mol.